The number of rotatable bonds is 2. The summed E-state index contributed by atoms with van der Waals surface area (Å²) >= 11 is 24.6. The lowest BCUT2D eigenvalue weighted by molar-refractivity contribution is 0.460. The van der Waals surface area contributed by atoms with Gasteiger partial charge in [0.15, 0.2) is 0 Å². The first-order valence-electron chi connectivity index (χ1n) is 4.92. The van der Waals surface area contributed by atoms with E-state index < -0.39 is 0 Å². The summed E-state index contributed by atoms with van der Waals surface area (Å²) in [7, 11) is 0. The fourth-order valence-electron chi connectivity index (χ4n) is 1.40. The van der Waals surface area contributed by atoms with E-state index in [4.69, 9.17) is 46.4 Å². The highest BCUT2D eigenvalue weighted by molar-refractivity contribution is 7.99. The summed E-state index contributed by atoms with van der Waals surface area (Å²) < 4.78 is 0. The van der Waals surface area contributed by atoms with Crippen LogP contribution < -0.4 is 0 Å². The zero-order chi connectivity index (χ0) is 14.2. The van der Waals surface area contributed by atoms with Crippen LogP contribution >= 0.6 is 58.2 Å². The molecular formula is C12H6Cl4O2S. The van der Waals surface area contributed by atoms with E-state index in [1.54, 1.807) is 0 Å². The van der Waals surface area contributed by atoms with Crippen LogP contribution in [-0.4, -0.2) is 10.2 Å². The Morgan fingerprint density at radius 3 is 1.37 bits per heavy atom. The van der Waals surface area contributed by atoms with Gasteiger partial charge in [0.1, 0.15) is 11.5 Å². The van der Waals surface area contributed by atoms with Crippen LogP contribution in [0.4, 0.5) is 0 Å². The second-order valence-corrected chi connectivity index (χ2v) is 6.28. The summed E-state index contributed by atoms with van der Waals surface area (Å²) in [5, 5.41) is 20.8. The smallest absolute Gasteiger partial charge is 0.132 e. The van der Waals surface area contributed by atoms with Gasteiger partial charge in [0.25, 0.3) is 0 Å². The number of hydrogen-bond donors (Lipinski definition) is 2. The van der Waals surface area contributed by atoms with Crippen LogP contribution in [0.1, 0.15) is 0 Å². The number of hydrogen-bond acceptors (Lipinski definition) is 3. The molecule has 0 radical (unpaired) electrons. The van der Waals surface area contributed by atoms with E-state index in [0.717, 1.165) is 11.8 Å². The van der Waals surface area contributed by atoms with E-state index in [-0.39, 0.29) is 21.5 Å². The molecule has 0 spiro atoms. The molecule has 0 heterocycles. The quantitative estimate of drug-likeness (QED) is 0.708. The number of benzene rings is 2. The van der Waals surface area contributed by atoms with Gasteiger partial charge in [-0.2, -0.15) is 0 Å². The highest BCUT2D eigenvalue weighted by Crippen LogP contribution is 2.47. The first-order chi connectivity index (χ1) is 8.88. The van der Waals surface area contributed by atoms with E-state index in [2.05, 4.69) is 0 Å². The van der Waals surface area contributed by atoms with Gasteiger partial charge < -0.3 is 10.2 Å². The molecule has 0 aliphatic heterocycles. The molecule has 2 rings (SSSR count). The molecule has 2 aromatic carbocycles. The molecule has 0 fully saturated rings. The van der Waals surface area contributed by atoms with Crippen molar-refractivity contribution in [1.29, 1.82) is 0 Å². The summed E-state index contributed by atoms with van der Waals surface area (Å²) in [5.41, 5.74) is 0. The molecule has 0 aliphatic rings. The third-order valence-electron chi connectivity index (χ3n) is 2.18. The molecule has 0 atom stereocenters. The zero-order valence-electron chi connectivity index (χ0n) is 9.12. The van der Waals surface area contributed by atoms with Crippen molar-refractivity contribution in [2.45, 2.75) is 9.79 Å². The first-order valence-corrected chi connectivity index (χ1v) is 7.25. The Morgan fingerprint density at radius 1 is 0.684 bits per heavy atom. The largest absolute Gasteiger partial charge is 0.507 e. The Hall–Kier alpha value is -0.450. The Bertz CT molecular complexity index is 544. The topological polar surface area (TPSA) is 40.5 Å². The molecule has 2 nitrogen and oxygen atoms in total. The van der Waals surface area contributed by atoms with Crippen LogP contribution in [0.2, 0.25) is 20.1 Å². The Labute approximate surface area is 133 Å². The normalized spacial score (nSPS) is 10.7. The minimum atomic E-state index is -0.0899. The van der Waals surface area contributed by atoms with Gasteiger partial charge in [-0.15, -0.1) is 0 Å². The van der Waals surface area contributed by atoms with Crippen LogP contribution in [0.3, 0.4) is 0 Å². The maximum Gasteiger partial charge on any atom is 0.132 e. The minimum Gasteiger partial charge on any atom is -0.507 e. The molecule has 0 saturated carbocycles. The van der Waals surface area contributed by atoms with E-state index >= 15 is 0 Å². The van der Waals surface area contributed by atoms with Crippen LogP contribution in [-0.2, 0) is 0 Å². The van der Waals surface area contributed by atoms with Gasteiger partial charge in [-0.25, -0.2) is 0 Å². The molecular weight excluding hydrogens is 350 g/mol. The average molecular weight is 356 g/mol. The van der Waals surface area contributed by atoms with Crippen molar-refractivity contribution in [1.82, 2.24) is 0 Å². The molecule has 0 aliphatic carbocycles. The number of phenols is 2. The lowest BCUT2D eigenvalue weighted by Gasteiger charge is -2.10. The van der Waals surface area contributed by atoms with Crippen LogP contribution in [0, 0.1) is 0 Å². The summed E-state index contributed by atoms with van der Waals surface area (Å²) in [6, 6.07) is 5.70. The summed E-state index contributed by atoms with van der Waals surface area (Å²) in [6.07, 6.45) is 0. The molecule has 100 valence electrons. The van der Waals surface area contributed by atoms with Crippen molar-refractivity contribution in [2.24, 2.45) is 0 Å². The second kappa shape index (κ2) is 5.90. The van der Waals surface area contributed by atoms with Crippen molar-refractivity contribution in [2.75, 3.05) is 0 Å². The predicted octanol–water partition coefficient (Wildman–Crippen LogP) is 5.86. The Balaban J connectivity index is 2.48. The molecule has 19 heavy (non-hydrogen) atoms. The highest BCUT2D eigenvalue weighted by atomic mass is 35.5. The summed E-state index contributed by atoms with van der Waals surface area (Å²) in [5.74, 6) is -0.180. The molecule has 0 amide bonds. The molecule has 0 saturated heterocycles. The monoisotopic (exact) mass is 354 g/mol. The number of phenolic OH excluding ortho intramolecular Hbond substituents is 2. The fraction of sp³-hybridized carbons (Fsp3) is 0. The van der Waals surface area contributed by atoms with Gasteiger partial charge in [0.05, 0.1) is 19.8 Å². The van der Waals surface area contributed by atoms with Crippen LogP contribution in [0.25, 0.3) is 0 Å². The van der Waals surface area contributed by atoms with E-state index in [0.29, 0.717) is 19.8 Å². The van der Waals surface area contributed by atoms with Gasteiger partial charge in [-0.05, 0) is 24.3 Å². The summed E-state index contributed by atoms with van der Waals surface area (Å²) in [4.78, 5) is 0.705. The third-order valence-corrected chi connectivity index (χ3v) is 4.70. The minimum absolute atomic E-state index is 0.0899. The molecule has 7 heteroatoms. The van der Waals surface area contributed by atoms with Gasteiger partial charge >= 0.3 is 0 Å². The number of aromatic hydroxyl groups is 2. The van der Waals surface area contributed by atoms with Crippen LogP contribution in [0.15, 0.2) is 34.1 Å². The Morgan fingerprint density at radius 2 is 1.05 bits per heavy atom. The summed E-state index contributed by atoms with van der Waals surface area (Å²) in [6.45, 7) is 0. The standard InChI is InChI=1S/C12H6Cl4O2S/c13-5-1-7(15)11(9(17)3-5)19-12-8(16)2-6(14)4-10(12)18/h1-4,17-18H. The average Bonchev–Trinajstić information content (AvgIpc) is 2.25. The predicted molar refractivity (Wildman–Crippen MR) is 80.4 cm³/mol. The Kier molecular flexibility index (Phi) is 4.64. The van der Waals surface area contributed by atoms with Gasteiger partial charge in [0.2, 0.25) is 0 Å². The SMILES string of the molecule is Oc1cc(Cl)cc(Cl)c1Sc1c(O)cc(Cl)cc1Cl. The molecule has 0 unspecified atom stereocenters. The van der Waals surface area contributed by atoms with Gasteiger partial charge in [-0.3, -0.25) is 0 Å². The van der Waals surface area contributed by atoms with Crippen LogP contribution in [0.5, 0.6) is 11.5 Å². The van der Waals surface area contributed by atoms with Crippen molar-refractivity contribution in [3.63, 3.8) is 0 Å². The van der Waals surface area contributed by atoms with Gasteiger partial charge in [-0.1, -0.05) is 58.2 Å². The first kappa shape index (κ1) is 14.9. The maximum atomic E-state index is 9.83. The fourth-order valence-corrected chi connectivity index (χ4v) is 3.44. The third kappa shape index (κ3) is 3.36. The molecule has 0 bridgehead atoms. The lowest BCUT2D eigenvalue weighted by atomic mass is 10.3. The lowest BCUT2D eigenvalue weighted by Crippen LogP contribution is -1.82. The van der Waals surface area contributed by atoms with E-state index in [1.807, 2.05) is 0 Å². The van der Waals surface area contributed by atoms with Crippen molar-refractivity contribution < 1.29 is 10.2 Å². The second-order valence-electron chi connectivity index (χ2n) is 3.57. The number of halogens is 4. The van der Waals surface area contributed by atoms with Crippen molar-refractivity contribution >= 4 is 58.2 Å². The molecule has 0 aromatic heterocycles. The highest BCUT2D eigenvalue weighted by Gasteiger charge is 2.16. The van der Waals surface area contributed by atoms with E-state index in [1.165, 1.54) is 24.3 Å². The molecule has 2 aromatic rings. The van der Waals surface area contributed by atoms with E-state index in [9.17, 15) is 10.2 Å². The molecule has 2 N–H and O–H groups in total. The van der Waals surface area contributed by atoms with Gasteiger partial charge in [0, 0.05) is 10.0 Å². The van der Waals surface area contributed by atoms with Crippen molar-refractivity contribution in [3.8, 4) is 11.5 Å². The maximum absolute atomic E-state index is 9.83. The van der Waals surface area contributed by atoms with Crippen molar-refractivity contribution in [3.05, 3.63) is 44.4 Å². The zero-order valence-corrected chi connectivity index (χ0v) is 13.0.